The molecule has 188 valence electrons. The molecular weight excluding hydrogens is 454 g/mol. The number of carbonyl (C=O) groups is 2. The fraction of sp³-hybridized carbons (Fsp3) is 0.310. The van der Waals surface area contributed by atoms with Crippen molar-refractivity contribution in [3.05, 3.63) is 102 Å². The lowest BCUT2D eigenvalue weighted by atomic mass is 10.2. The van der Waals surface area contributed by atoms with Crippen molar-refractivity contribution in [3.63, 3.8) is 0 Å². The Morgan fingerprint density at radius 1 is 0.861 bits per heavy atom. The minimum absolute atomic E-state index is 0.00412. The molecule has 36 heavy (non-hydrogen) atoms. The maximum absolute atomic E-state index is 13.5. The summed E-state index contributed by atoms with van der Waals surface area (Å²) in [4.78, 5) is 32.4. The Hall–Kier alpha value is -3.68. The van der Waals surface area contributed by atoms with Crippen LogP contribution in [0.25, 0.3) is 6.08 Å². The van der Waals surface area contributed by atoms with E-state index in [0.29, 0.717) is 45.2 Å². The Morgan fingerprint density at radius 2 is 1.58 bits per heavy atom. The van der Waals surface area contributed by atoms with Gasteiger partial charge in [0.15, 0.2) is 0 Å². The monoisotopic (exact) mass is 487 g/mol. The number of morpholine rings is 1. The molecule has 0 atom stereocenters. The first-order chi connectivity index (χ1) is 17.7. The Bertz CT molecular complexity index is 1090. The molecule has 1 fully saturated rings. The summed E-state index contributed by atoms with van der Waals surface area (Å²) in [7, 11) is 0. The van der Waals surface area contributed by atoms with Gasteiger partial charge in [-0.15, -0.1) is 0 Å². The van der Waals surface area contributed by atoms with Crippen LogP contribution in [0.15, 0.2) is 89.6 Å². The van der Waals surface area contributed by atoms with Crippen LogP contribution in [0.1, 0.15) is 16.9 Å². The third-order valence-corrected chi connectivity index (χ3v) is 6.14. The van der Waals surface area contributed by atoms with E-state index >= 15 is 0 Å². The number of ether oxygens (including phenoxy) is 1. The molecular formula is C29H33N3O4. The number of hydrogen-bond donors (Lipinski definition) is 0. The minimum atomic E-state index is -0.182. The number of amides is 2. The van der Waals surface area contributed by atoms with E-state index in [0.717, 1.165) is 24.2 Å². The molecule has 7 nitrogen and oxygen atoms in total. The van der Waals surface area contributed by atoms with Gasteiger partial charge in [0.25, 0.3) is 0 Å². The predicted molar refractivity (Wildman–Crippen MR) is 139 cm³/mol. The fourth-order valence-electron chi connectivity index (χ4n) is 4.08. The molecule has 0 spiro atoms. The highest BCUT2D eigenvalue weighted by molar-refractivity contribution is 5.94. The number of furan rings is 1. The van der Waals surface area contributed by atoms with Gasteiger partial charge in [-0.25, -0.2) is 0 Å². The predicted octanol–water partition coefficient (Wildman–Crippen LogP) is 3.68. The Balaban J connectivity index is 1.47. The SMILES string of the molecule is O=C(C=Cc1ccccc1)N(CCN1CCOCC1)CC(=O)N(Cc1ccccc1)Cc1ccco1. The molecule has 1 aromatic heterocycles. The third kappa shape index (κ3) is 7.93. The molecule has 2 aromatic carbocycles. The third-order valence-electron chi connectivity index (χ3n) is 6.14. The van der Waals surface area contributed by atoms with Crippen molar-refractivity contribution in [3.8, 4) is 0 Å². The van der Waals surface area contributed by atoms with Crippen molar-refractivity contribution in [2.45, 2.75) is 13.1 Å². The van der Waals surface area contributed by atoms with Crippen LogP contribution in [-0.4, -0.2) is 72.5 Å². The van der Waals surface area contributed by atoms with Crippen LogP contribution in [-0.2, 0) is 27.4 Å². The maximum atomic E-state index is 13.5. The highest BCUT2D eigenvalue weighted by atomic mass is 16.5. The largest absolute Gasteiger partial charge is 0.467 e. The van der Waals surface area contributed by atoms with Crippen molar-refractivity contribution in [2.24, 2.45) is 0 Å². The van der Waals surface area contributed by atoms with E-state index in [1.165, 1.54) is 0 Å². The van der Waals surface area contributed by atoms with Crippen molar-refractivity contribution in [1.29, 1.82) is 0 Å². The molecule has 3 aromatic rings. The van der Waals surface area contributed by atoms with Crippen LogP contribution in [0.3, 0.4) is 0 Å². The molecule has 0 radical (unpaired) electrons. The molecule has 2 heterocycles. The number of carbonyl (C=O) groups excluding carboxylic acids is 2. The van der Waals surface area contributed by atoms with Crippen LogP contribution >= 0.6 is 0 Å². The number of nitrogens with zero attached hydrogens (tertiary/aromatic N) is 3. The first-order valence-corrected chi connectivity index (χ1v) is 12.3. The molecule has 1 aliphatic rings. The summed E-state index contributed by atoms with van der Waals surface area (Å²) in [6.07, 6.45) is 4.95. The quantitative estimate of drug-likeness (QED) is 0.386. The Kier molecular flexibility index (Phi) is 9.47. The highest BCUT2D eigenvalue weighted by Crippen LogP contribution is 2.12. The zero-order valence-corrected chi connectivity index (χ0v) is 20.5. The normalized spacial score (nSPS) is 14.1. The number of hydrogen-bond acceptors (Lipinski definition) is 5. The van der Waals surface area contributed by atoms with Gasteiger partial charge >= 0.3 is 0 Å². The summed E-state index contributed by atoms with van der Waals surface area (Å²) < 4.78 is 11.0. The van der Waals surface area contributed by atoms with Gasteiger partial charge in [0.05, 0.1) is 26.0 Å². The molecule has 7 heteroatoms. The van der Waals surface area contributed by atoms with Gasteiger partial charge in [0, 0.05) is 38.8 Å². The average Bonchev–Trinajstić information content (AvgIpc) is 3.44. The Morgan fingerprint density at radius 3 is 2.28 bits per heavy atom. The van der Waals surface area contributed by atoms with Gasteiger partial charge in [0.1, 0.15) is 12.3 Å². The molecule has 1 saturated heterocycles. The summed E-state index contributed by atoms with van der Waals surface area (Å²) in [5.74, 6) is 0.395. The van der Waals surface area contributed by atoms with Gasteiger partial charge in [-0.05, 0) is 29.3 Å². The molecule has 0 aliphatic carbocycles. The lowest BCUT2D eigenvalue weighted by molar-refractivity contribution is -0.139. The maximum Gasteiger partial charge on any atom is 0.247 e. The van der Waals surface area contributed by atoms with Crippen LogP contribution in [0.5, 0.6) is 0 Å². The van der Waals surface area contributed by atoms with Crippen molar-refractivity contribution < 1.29 is 18.7 Å². The smallest absolute Gasteiger partial charge is 0.247 e. The van der Waals surface area contributed by atoms with Gasteiger partial charge in [-0.1, -0.05) is 60.7 Å². The van der Waals surface area contributed by atoms with Gasteiger partial charge in [-0.3, -0.25) is 14.5 Å². The topological polar surface area (TPSA) is 66.2 Å². The summed E-state index contributed by atoms with van der Waals surface area (Å²) in [6.45, 7) is 4.96. The van der Waals surface area contributed by atoms with E-state index in [-0.39, 0.29) is 18.4 Å². The van der Waals surface area contributed by atoms with Crippen LogP contribution in [0.4, 0.5) is 0 Å². The molecule has 1 aliphatic heterocycles. The molecule has 0 unspecified atom stereocenters. The standard InChI is InChI=1S/C29H33N3O4/c33-28(14-13-25-8-3-1-4-9-25)31(16-15-30-17-20-35-21-18-30)24-29(34)32(23-27-12-7-19-36-27)22-26-10-5-2-6-11-26/h1-14,19H,15-18,20-24H2. The van der Waals surface area contributed by atoms with Crippen molar-refractivity contribution in [2.75, 3.05) is 45.9 Å². The lowest BCUT2D eigenvalue weighted by Crippen LogP contribution is -2.46. The summed E-state index contributed by atoms with van der Waals surface area (Å²) in [5, 5.41) is 0. The van der Waals surface area contributed by atoms with Crippen LogP contribution in [0, 0.1) is 0 Å². The van der Waals surface area contributed by atoms with E-state index in [1.54, 1.807) is 28.2 Å². The van der Waals surface area contributed by atoms with Gasteiger partial charge in [-0.2, -0.15) is 0 Å². The van der Waals surface area contributed by atoms with E-state index < -0.39 is 0 Å². The Labute approximate surface area is 212 Å². The molecule has 2 amide bonds. The average molecular weight is 488 g/mol. The molecule has 0 N–H and O–H groups in total. The number of benzene rings is 2. The van der Waals surface area contributed by atoms with Crippen LogP contribution < -0.4 is 0 Å². The first-order valence-electron chi connectivity index (χ1n) is 12.3. The van der Waals surface area contributed by atoms with Gasteiger partial charge in [0.2, 0.25) is 11.8 Å². The van der Waals surface area contributed by atoms with E-state index in [2.05, 4.69) is 4.90 Å². The van der Waals surface area contributed by atoms with E-state index in [9.17, 15) is 9.59 Å². The molecule has 0 bridgehead atoms. The van der Waals surface area contributed by atoms with E-state index in [4.69, 9.17) is 9.15 Å². The van der Waals surface area contributed by atoms with Crippen LogP contribution in [0.2, 0.25) is 0 Å². The molecule has 4 rings (SSSR count). The first kappa shape index (κ1) is 25.4. The van der Waals surface area contributed by atoms with Crippen molar-refractivity contribution >= 4 is 17.9 Å². The number of rotatable bonds is 11. The highest BCUT2D eigenvalue weighted by Gasteiger charge is 2.22. The molecule has 0 saturated carbocycles. The zero-order valence-electron chi connectivity index (χ0n) is 20.5. The summed E-state index contributed by atoms with van der Waals surface area (Å²) in [5.41, 5.74) is 1.96. The fourth-order valence-corrected chi connectivity index (χ4v) is 4.08. The minimum Gasteiger partial charge on any atom is -0.467 e. The zero-order chi connectivity index (χ0) is 25.0. The lowest BCUT2D eigenvalue weighted by Gasteiger charge is -2.31. The van der Waals surface area contributed by atoms with E-state index in [1.807, 2.05) is 72.8 Å². The second kappa shape index (κ2) is 13.4. The van der Waals surface area contributed by atoms with Gasteiger partial charge < -0.3 is 19.0 Å². The summed E-state index contributed by atoms with van der Waals surface area (Å²) in [6, 6.07) is 23.2. The van der Waals surface area contributed by atoms with Crippen molar-refractivity contribution in [1.82, 2.24) is 14.7 Å². The summed E-state index contributed by atoms with van der Waals surface area (Å²) >= 11 is 0. The second-order valence-corrected chi connectivity index (χ2v) is 8.77. The second-order valence-electron chi connectivity index (χ2n) is 8.77.